The van der Waals surface area contributed by atoms with E-state index < -0.39 is 0 Å². The second-order valence-electron chi connectivity index (χ2n) is 1.96. The number of rotatable bonds is 3. The number of hydrogen-bond donors (Lipinski definition) is 0. The minimum absolute atomic E-state index is 1.11. The third-order valence-electron chi connectivity index (χ3n) is 1.24. The van der Waals surface area contributed by atoms with Crippen LogP contribution in [0.2, 0.25) is 0 Å². The Hall–Kier alpha value is -0.520. The maximum absolute atomic E-state index is 3.64. The zero-order chi connectivity index (χ0) is 6.41. The van der Waals surface area contributed by atoms with Gasteiger partial charge in [-0.1, -0.05) is 17.7 Å². The van der Waals surface area contributed by atoms with Gasteiger partial charge in [-0.15, -0.1) is 6.58 Å². The molecule has 0 unspecified atom stereocenters. The maximum atomic E-state index is 3.64. The summed E-state index contributed by atoms with van der Waals surface area (Å²) < 4.78 is 0. The Morgan fingerprint density at radius 2 is 2.25 bits per heavy atom. The molecule has 0 aromatic heterocycles. The van der Waals surface area contributed by atoms with Crippen LogP contribution in [0.15, 0.2) is 24.3 Å². The van der Waals surface area contributed by atoms with Crippen LogP contribution in [0.3, 0.4) is 0 Å². The molecule has 0 N–H and O–H groups in total. The highest BCUT2D eigenvalue weighted by molar-refractivity contribution is 4.96. The lowest BCUT2D eigenvalue weighted by atomic mass is 10.1. The van der Waals surface area contributed by atoms with E-state index in [9.17, 15) is 0 Å². The molecule has 0 saturated carbocycles. The Kier molecular flexibility index (Phi) is 4.33. The summed E-state index contributed by atoms with van der Waals surface area (Å²) in [5, 5.41) is 0. The van der Waals surface area contributed by atoms with Gasteiger partial charge < -0.3 is 0 Å². The van der Waals surface area contributed by atoms with E-state index in [1.807, 2.05) is 6.08 Å². The van der Waals surface area contributed by atoms with Crippen LogP contribution in [0.1, 0.15) is 26.7 Å². The average Bonchev–Trinajstić information content (AvgIpc) is 1.83. The molecule has 0 heteroatoms. The topological polar surface area (TPSA) is 0 Å². The average molecular weight is 110 g/mol. The van der Waals surface area contributed by atoms with Gasteiger partial charge in [0, 0.05) is 0 Å². The van der Waals surface area contributed by atoms with Gasteiger partial charge in [0.1, 0.15) is 0 Å². The molecule has 0 rings (SSSR count). The lowest BCUT2D eigenvalue weighted by molar-refractivity contribution is 0.976. The highest BCUT2D eigenvalue weighted by Crippen LogP contribution is 2.02. The Balaban J connectivity index is 3.24. The maximum Gasteiger partial charge on any atom is -0.0289 e. The minimum atomic E-state index is 1.11. The van der Waals surface area contributed by atoms with E-state index >= 15 is 0 Å². The standard InChI is InChI=1S/C8H14/c1-4-6-7-8(3)5-2/h4-5H,1,6-7H2,2-3H3/b8-5+. The zero-order valence-corrected chi connectivity index (χ0v) is 5.78. The molecule has 0 saturated heterocycles. The predicted molar refractivity (Wildman–Crippen MR) is 38.9 cm³/mol. The van der Waals surface area contributed by atoms with E-state index in [0.29, 0.717) is 0 Å². The molecule has 46 valence electrons. The Labute approximate surface area is 51.9 Å². The van der Waals surface area contributed by atoms with Gasteiger partial charge in [0.25, 0.3) is 0 Å². The molecule has 0 nitrogen and oxygen atoms in total. The van der Waals surface area contributed by atoms with Gasteiger partial charge in [-0.2, -0.15) is 0 Å². The summed E-state index contributed by atoms with van der Waals surface area (Å²) in [5.41, 5.74) is 1.45. The third kappa shape index (κ3) is 3.66. The summed E-state index contributed by atoms with van der Waals surface area (Å²) in [6.45, 7) is 7.85. The summed E-state index contributed by atoms with van der Waals surface area (Å²) in [6, 6.07) is 0. The molecule has 0 amide bonds. The van der Waals surface area contributed by atoms with Crippen molar-refractivity contribution in [2.24, 2.45) is 0 Å². The number of allylic oxidation sites excluding steroid dienone is 3. The highest BCUT2D eigenvalue weighted by atomic mass is 13.9. The molecule has 0 atom stereocenters. The summed E-state index contributed by atoms with van der Waals surface area (Å²) >= 11 is 0. The lowest BCUT2D eigenvalue weighted by Crippen LogP contribution is -1.71. The molecular formula is C8H14. The van der Waals surface area contributed by atoms with Crippen molar-refractivity contribution >= 4 is 0 Å². The van der Waals surface area contributed by atoms with Crippen molar-refractivity contribution in [1.29, 1.82) is 0 Å². The van der Waals surface area contributed by atoms with Gasteiger partial charge in [-0.3, -0.25) is 0 Å². The fourth-order valence-electron chi connectivity index (χ4n) is 0.474. The Morgan fingerprint density at radius 1 is 1.62 bits per heavy atom. The van der Waals surface area contributed by atoms with E-state index in [4.69, 9.17) is 0 Å². The zero-order valence-electron chi connectivity index (χ0n) is 5.78. The molecular weight excluding hydrogens is 96.1 g/mol. The quantitative estimate of drug-likeness (QED) is 0.490. The fourth-order valence-corrected chi connectivity index (χ4v) is 0.474. The van der Waals surface area contributed by atoms with Crippen molar-refractivity contribution in [3.63, 3.8) is 0 Å². The van der Waals surface area contributed by atoms with Gasteiger partial charge in [0.2, 0.25) is 0 Å². The van der Waals surface area contributed by atoms with Crippen LogP contribution in [0.4, 0.5) is 0 Å². The van der Waals surface area contributed by atoms with Crippen molar-refractivity contribution in [2.75, 3.05) is 0 Å². The van der Waals surface area contributed by atoms with E-state index in [0.717, 1.165) is 6.42 Å². The van der Waals surface area contributed by atoms with Crippen molar-refractivity contribution in [1.82, 2.24) is 0 Å². The molecule has 0 bridgehead atoms. The largest absolute Gasteiger partial charge is 0.103 e. The monoisotopic (exact) mass is 110 g/mol. The van der Waals surface area contributed by atoms with Crippen LogP contribution in [0, 0.1) is 0 Å². The van der Waals surface area contributed by atoms with Gasteiger partial charge in [-0.05, 0) is 26.7 Å². The first-order chi connectivity index (χ1) is 3.81. The first-order valence-electron chi connectivity index (χ1n) is 3.04. The summed E-state index contributed by atoms with van der Waals surface area (Å²) in [4.78, 5) is 0. The van der Waals surface area contributed by atoms with Gasteiger partial charge in [-0.25, -0.2) is 0 Å². The molecule has 0 fully saturated rings. The second kappa shape index (κ2) is 4.63. The van der Waals surface area contributed by atoms with Crippen LogP contribution in [-0.2, 0) is 0 Å². The van der Waals surface area contributed by atoms with Gasteiger partial charge in [0.05, 0.1) is 0 Å². The molecule has 0 aliphatic heterocycles. The van der Waals surface area contributed by atoms with Crippen molar-refractivity contribution in [2.45, 2.75) is 26.7 Å². The summed E-state index contributed by atoms with van der Waals surface area (Å²) in [5.74, 6) is 0. The van der Waals surface area contributed by atoms with Crippen LogP contribution in [0.5, 0.6) is 0 Å². The molecule has 0 heterocycles. The molecule has 0 aromatic carbocycles. The molecule has 0 spiro atoms. The summed E-state index contributed by atoms with van der Waals surface area (Å²) in [7, 11) is 0. The highest BCUT2D eigenvalue weighted by Gasteiger charge is 1.81. The van der Waals surface area contributed by atoms with Crippen LogP contribution < -0.4 is 0 Å². The minimum Gasteiger partial charge on any atom is -0.103 e. The molecule has 0 aliphatic carbocycles. The second-order valence-corrected chi connectivity index (χ2v) is 1.96. The Morgan fingerprint density at radius 3 is 2.62 bits per heavy atom. The normalized spacial score (nSPS) is 11.5. The molecule has 0 aromatic rings. The first-order valence-corrected chi connectivity index (χ1v) is 3.04. The molecule has 0 aliphatic rings. The van der Waals surface area contributed by atoms with Gasteiger partial charge in [0.15, 0.2) is 0 Å². The summed E-state index contributed by atoms with van der Waals surface area (Å²) in [6.07, 6.45) is 6.37. The lowest BCUT2D eigenvalue weighted by Gasteiger charge is -1.92. The van der Waals surface area contributed by atoms with Crippen LogP contribution in [-0.4, -0.2) is 0 Å². The van der Waals surface area contributed by atoms with Crippen molar-refractivity contribution in [3.05, 3.63) is 24.3 Å². The van der Waals surface area contributed by atoms with E-state index in [1.54, 1.807) is 0 Å². The van der Waals surface area contributed by atoms with E-state index in [-0.39, 0.29) is 0 Å². The Bertz CT molecular complexity index is 88.2. The number of hydrogen-bond acceptors (Lipinski definition) is 0. The smallest absolute Gasteiger partial charge is 0.0289 e. The van der Waals surface area contributed by atoms with E-state index in [2.05, 4.69) is 26.5 Å². The SMILES string of the molecule is C=CCC/C(C)=C/C. The molecule has 0 radical (unpaired) electrons. The fraction of sp³-hybridized carbons (Fsp3) is 0.500. The van der Waals surface area contributed by atoms with E-state index in [1.165, 1.54) is 12.0 Å². The van der Waals surface area contributed by atoms with Crippen LogP contribution >= 0.6 is 0 Å². The van der Waals surface area contributed by atoms with Crippen molar-refractivity contribution in [3.8, 4) is 0 Å². The van der Waals surface area contributed by atoms with Crippen LogP contribution in [0.25, 0.3) is 0 Å². The van der Waals surface area contributed by atoms with Crippen molar-refractivity contribution < 1.29 is 0 Å². The predicted octanol–water partition coefficient (Wildman–Crippen LogP) is 2.92. The molecule has 8 heavy (non-hydrogen) atoms. The third-order valence-corrected chi connectivity index (χ3v) is 1.24. The van der Waals surface area contributed by atoms with Gasteiger partial charge >= 0.3 is 0 Å². The first kappa shape index (κ1) is 7.48.